The summed E-state index contributed by atoms with van der Waals surface area (Å²) in [6.07, 6.45) is 6.84. The Hall–Kier alpha value is -1.50. The van der Waals surface area contributed by atoms with Crippen LogP contribution in [0.25, 0.3) is 0 Å². The summed E-state index contributed by atoms with van der Waals surface area (Å²) in [5, 5.41) is 13.7. The summed E-state index contributed by atoms with van der Waals surface area (Å²) in [5.41, 5.74) is 5.36. The van der Waals surface area contributed by atoms with E-state index in [4.69, 9.17) is 5.73 Å². The molecule has 1 aromatic heterocycles. The number of unbranched alkanes of at least 4 members (excludes halogenated alkanes) is 3. The molecule has 6 nitrogen and oxygen atoms in total. The molecule has 0 aliphatic rings. The smallest absolute Gasteiger partial charge is 0.311 e. The minimum absolute atomic E-state index is 0.0463. The van der Waals surface area contributed by atoms with Gasteiger partial charge in [0.1, 0.15) is 5.82 Å². The van der Waals surface area contributed by atoms with Crippen molar-refractivity contribution in [3.63, 3.8) is 0 Å². The van der Waals surface area contributed by atoms with Crippen molar-refractivity contribution >= 4 is 29.1 Å². The summed E-state index contributed by atoms with van der Waals surface area (Å²) in [7, 11) is 0. The van der Waals surface area contributed by atoms with E-state index in [1.807, 2.05) is 11.8 Å². The number of anilines is 2. The highest BCUT2D eigenvalue weighted by Crippen LogP contribution is 2.20. The Kier molecular flexibility index (Phi) is 7.02. The van der Waals surface area contributed by atoms with Crippen LogP contribution < -0.4 is 11.1 Å². The van der Waals surface area contributed by atoms with Crippen molar-refractivity contribution in [1.82, 2.24) is 4.98 Å². The van der Waals surface area contributed by atoms with Gasteiger partial charge in [0.2, 0.25) is 5.82 Å². The van der Waals surface area contributed by atoms with Crippen LogP contribution in [0.4, 0.5) is 17.3 Å². The molecular weight excluding hydrogens is 264 g/mol. The molecule has 0 saturated heterocycles. The number of rotatable bonds is 9. The molecule has 0 aliphatic heterocycles. The van der Waals surface area contributed by atoms with Gasteiger partial charge in [-0.25, -0.2) is 4.98 Å². The average Bonchev–Trinajstić information content (AvgIpc) is 2.37. The van der Waals surface area contributed by atoms with Crippen LogP contribution in [0, 0.1) is 10.1 Å². The number of hydrogen-bond acceptors (Lipinski definition) is 6. The second kappa shape index (κ2) is 8.58. The van der Waals surface area contributed by atoms with Gasteiger partial charge in [0.05, 0.1) is 4.92 Å². The number of nitrogen functional groups attached to an aromatic ring is 1. The highest BCUT2D eigenvalue weighted by atomic mass is 32.2. The minimum Gasteiger partial charge on any atom is -0.378 e. The molecule has 7 heteroatoms. The molecule has 0 aliphatic carbocycles. The Balaban J connectivity index is 2.26. The molecule has 1 heterocycles. The Bertz CT molecular complexity index is 415. The fraction of sp³-hybridized carbons (Fsp3) is 0.583. The third-order valence-corrected chi connectivity index (χ3v) is 3.38. The zero-order valence-corrected chi connectivity index (χ0v) is 11.9. The van der Waals surface area contributed by atoms with Crippen molar-refractivity contribution in [3.8, 4) is 0 Å². The van der Waals surface area contributed by atoms with E-state index in [0.29, 0.717) is 5.82 Å². The van der Waals surface area contributed by atoms with E-state index in [1.54, 1.807) is 6.07 Å². The van der Waals surface area contributed by atoms with Crippen LogP contribution in [-0.4, -0.2) is 28.5 Å². The second-order valence-corrected chi connectivity index (χ2v) is 5.18. The van der Waals surface area contributed by atoms with Gasteiger partial charge in [-0.15, -0.1) is 0 Å². The molecule has 1 rings (SSSR count). The van der Waals surface area contributed by atoms with Crippen LogP contribution in [0.3, 0.4) is 0 Å². The predicted molar refractivity (Wildman–Crippen MR) is 80.6 cm³/mol. The molecule has 0 saturated carbocycles. The van der Waals surface area contributed by atoms with Crippen LogP contribution in [-0.2, 0) is 0 Å². The SMILES string of the molecule is CSCCCCCCNc1ccc([N+](=O)[O-])c(N)n1. The average molecular weight is 284 g/mol. The molecule has 0 bridgehead atoms. The lowest BCUT2D eigenvalue weighted by molar-refractivity contribution is -0.384. The Labute approximate surface area is 117 Å². The fourth-order valence-electron chi connectivity index (χ4n) is 1.66. The number of hydrogen-bond donors (Lipinski definition) is 2. The summed E-state index contributed by atoms with van der Waals surface area (Å²) in [6.45, 7) is 0.809. The molecule has 0 amide bonds. The maximum absolute atomic E-state index is 10.6. The summed E-state index contributed by atoms with van der Waals surface area (Å²) in [4.78, 5) is 14.0. The quantitative estimate of drug-likeness (QED) is 0.411. The Morgan fingerprint density at radius 2 is 2.11 bits per heavy atom. The van der Waals surface area contributed by atoms with Crippen molar-refractivity contribution < 1.29 is 4.92 Å². The minimum atomic E-state index is -0.530. The Morgan fingerprint density at radius 1 is 1.37 bits per heavy atom. The molecule has 106 valence electrons. The first-order chi connectivity index (χ1) is 9.15. The third kappa shape index (κ3) is 5.78. The van der Waals surface area contributed by atoms with E-state index in [2.05, 4.69) is 16.6 Å². The van der Waals surface area contributed by atoms with E-state index in [1.165, 1.54) is 31.1 Å². The summed E-state index contributed by atoms with van der Waals surface area (Å²) in [6, 6.07) is 2.96. The van der Waals surface area contributed by atoms with Gasteiger partial charge in [0.15, 0.2) is 0 Å². The summed E-state index contributed by atoms with van der Waals surface area (Å²) < 4.78 is 0. The highest BCUT2D eigenvalue weighted by molar-refractivity contribution is 7.98. The molecular formula is C12H20N4O2S. The number of nitrogens with one attached hydrogen (secondary N) is 1. The van der Waals surface area contributed by atoms with Gasteiger partial charge in [-0.3, -0.25) is 10.1 Å². The van der Waals surface area contributed by atoms with Gasteiger partial charge in [0.25, 0.3) is 0 Å². The molecule has 0 fully saturated rings. The van der Waals surface area contributed by atoms with E-state index in [-0.39, 0.29) is 11.5 Å². The number of thioether (sulfide) groups is 1. The van der Waals surface area contributed by atoms with Gasteiger partial charge in [-0.05, 0) is 30.9 Å². The highest BCUT2D eigenvalue weighted by Gasteiger charge is 2.12. The molecule has 1 aromatic rings. The second-order valence-electron chi connectivity index (χ2n) is 4.19. The first-order valence-corrected chi connectivity index (χ1v) is 7.68. The molecule has 0 aromatic carbocycles. The van der Waals surface area contributed by atoms with Crippen LogP contribution >= 0.6 is 11.8 Å². The lowest BCUT2D eigenvalue weighted by Gasteiger charge is -2.06. The third-order valence-electron chi connectivity index (χ3n) is 2.68. The molecule has 19 heavy (non-hydrogen) atoms. The number of nitrogens with two attached hydrogens (primary N) is 1. The molecule has 0 atom stereocenters. The van der Waals surface area contributed by atoms with Gasteiger partial charge < -0.3 is 11.1 Å². The lowest BCUT2D eigenvalue weighted by atomic mass is 10.2. The van der Waals surface area contributed by atoms with Crippen molar-refractivity contribution in [3.05, 3.63) is 22.2 Å². The predicted octanol–water partition coefficient (Wildman–Crippen LogP) is 2.91. The summed E-state index contributed by atoms with van der Waals surface area (Å²) >= 11 is 1.87. The van der Waals surface area contributed by atoms with Crippen molar-refractivity contribution in [2.75, 3.05) is 29.6 Å². The summed E-state index contributed by atoms with van der Waals surface area (Å²) in [5.74, 6) is 1.76. The van der Waals surface area contributed by atoms with E-state index in [9.17, 15) is 10.1 Å². The normalized spacial score (nSPS) is 10.4. The standard InChI is InChI=1S/C12H20N4O2S/c1-19-9-5-3-2-4-8-14-11-7-6-10(16(17)18)12(13)15-11/h6-7H,2-5,8-9H2,1H3,(H3,13,14,15). The van der Waals surface area contributed by atoms with E-state index in [0.717, 1.165) is 13.0 Å². The maximum Gasteiger partial charge on any atom is 0.311 e. The molecule has 0 unspecified atom stereocenters. The van der Waals surface area contributed by atoms with Crippen LogP contribution in [0.5, 0.6) is 0 Å². The molecule has 0 radical (unpaired) electrons. The number of aromatic nitrogens is 1. The van der Waals surface area contributed by atoms with E-state index >= 15 is 0 Å². The zero-order valence-electron chi connectivity index (χ0n) is 11.1. The first kappa shape index (κ1) is 15.6. The first-order valence-electron chi connectivity index (χ1n) is 6.29. The van der Waals surface area contributed by atoms with Gasteiger partial charge >= 0.3 is 5.69 Å². The largest absolute Gasteiger partial charge is 0.378 e. The molecule has 0 spiro atoms. The number of pyridine rings is 1. The maximum atomic E-state index is 10.6. The van der Waals surface area contributed by atoms with Crippen molar-refractivity contribution in [1.29, 1.82) is 0 Å². The van der Waals surface area contributed by atoms with Gasteiger partial charge in [-0.2, -0.15) is 11.8 Å². The number of nitrogens with zero attached hydrogens (tertiary/aromatic N) is 2. The van der Waals surface area contributed by atoms with E-state index < -0.39 is 4.92 Å². The van der Waals surface area contributed by atoms with Crippen molar-refractivity contribution in [2.45, 2.75) is 25.7 Å². The molecule has 3 N–H and O–H groups in total. The number of nitro groups is 1. The lowest BCUT2D eigenvalue weighted by Crippen LogP contribution is -2.06. The van der Waals surface area contributed by atoms with Gasteiger partial charge in [0, 0.05) is 12.6 Å². The van der Waals surface area contributed by atoms with Gasteiger partial charge in [-0.1, -0.05) is 12.8 Å². The van der Waals surface area contributed by atoms with Crippen molar-refractivity contribution in [2.24, 2.45) is 0 Å². The fourth-order valence-corrected chi connectivity index (χ4v) is 2.15. The van der Waals surface area contributed by atoms with Crippen LogP contribution in [0.15, 0.2) is 12.1 Å². The van der Waals surface area contributed by atoms with Crippen LogP contribution in [0.2, 0.25) is 0 Å². The Morgan fingerprint density at radius 3 is 2.74 bits per heavy atom. The zero-order chi connectivity index (χ0) is 14.1. The monoisotopic (exact) mass is 284 g/mol. The van der Waals surface area contributed by atoms with Crippen LogP contribution in [0.1, 0.15) is 25.7 Å². The topological polar surface area (TPSA) is 94.1 Å².